The Morgan fingerprint density at radius 2 is 2.00 bits per heavy atom. The Balaban J connectivity index is 2.76. The molecule has 0 heterocycles. The first-order chi connectivity index (χ1) is 9.65. The summed E-state index contributed by atoms with van der Waals surface area (Å²) in [6.07, 6.45) is 0. The zero-order chi connectivity index (χ0) is 15.0. The van der Waals surface area contributed by atoms with E-state index in [9.17, 15) is 4.79 Å². The molecule has 0 unspecified atom stereocenters. The molecule has 0 radical (unpaired) electrons. The fourth-order valence-corrected chi connectivity index (χ4v) is 1.94. The summed E-state index contributed by atoms with van der Waals surface area (Å²) < 4.78 is 10.9. The number of benzene rings is 1. The lowest BCUT2D eigenvalue weighted by atomic mass is 10.2. The maximum absolute atomic E-state index is 12.0. The molecule has 1 rings (SSSR count). The average Bonchev–Trinajstić information content (AvgIpc) is 2.47. The monoisotopic (exact) mass is 280 g/mol. The van der Waals surface area contributed by atoms with E-state index in [1.54, 1.807) is 12.0 Å². The number of nitrogens with one attached hydrogen (secondary N) is 1. The van der Waals surface area contributed by atoms with Crippen LogP contribution in [0.25, 0.3) is 0 Å². The summed E-state index contributed by atoms with van der Waals surface area (Å²) in [5, 5.41) is 3.08. The van der Waals surface area contributed by atoms with Gasteiger partial charge in [-0.3, -0.25) is 4.79 Å². The highest BCUT2D eigenvalue weighted by atomic mass is 16.5. The molecule has 0 aromatic heterocycles. The Hall–Kier alpha value is -1.75. The van der Waals surface area contributed by atoms with Gasteiger partial charge >= 0.3 is 0 Å². The van der Waals surface area contributed by atoms with Crippen LogP contribution in [0.2, 0.25) is 0 Å². The fourth-order valence-electron chi connectivity index (χ4n) is 1.94. The number of hydrogen-bond acceptors (Lipinski definition) is 4. The lowest BCUT2D eigenvalue weighted by Crippen LogP contribution is -2.34. The van der Waals surface area contributed by atoms with Gasteiger partial charge in [0.2, 0.25) is 0 Å². The summed E-state index contributed by atoms with van der Waals surface area (Å²) in [5.74, 6) is 1.39. The van der Waals surface area contributed by atoms with Crippen molar-refractivity contribution in [2.75, 3.05) is 33.9 Å². The first-order valence-electron chi connectivity index (χ1n) is 6.88. The Morgan fingerprint density at radius 1 is 1.30 bits per heavy atom. The lowest BCUT2D eigenvalue weighted by molar-refractivity contribution is -0.132. The molecule has 1 amide bonds. The second-order valence-electron chi connectivity index (χ2n) is 4.36. The molecule has 0 aliphatic heterocycles. The van der Waals surface area contributed by atoms with Gasteiger partial charge in [0, 0.05) is 31.3 Å². The molecule has 0 bridgehead atoms. The Kier molecular flexibility index (Phi) is 6.87. The first kappa shape index (κ1) is 16.3. The van der Waals surface area contributed by atoms with E-state index in [0.717, 1.165) is 11.3 Å². The second kappa shape index (κ2) is 8.43. The van der Waals surface area contributed by atoms with Crippen LogP contribution in [0.5, 0.6) is 11.5 Å². The molecule has 1 aromatic carbocycles. The summed E-state index contributed by atoms with van der Waals surface area (Å²) in [6, 6.07) is 5.63. The van der Waals surface area contributed by atoms with E-state index in [1.807, 2.05) is 39.1 Å². The van der Waals surface area contributed by atoms with Crippen molar-refractivity contribution >= 4 is 5.91 Å². The number of likely N-dealkylation sites (N-methyl/N-ethyl adjacent to an activating group) is 1. The molecular formula is C15H24N2O3. The standard InChI is InChI=1S/C15H24N2O3/c1-5-17(6-2)15(18)11-20-14-9-13(19-4)8-7-12(14)10-16-3/h7-9,16H,5-6,10-11H2,1-4H3. The summed E-state index contributed by atoms with van der Waals surface area (Å²) in [4.78, 5) is 13.7. The average molecular weight is 280 g/mol. The summed E-state index contributed by atoms with van der Waals surface area (Å²) >= 11 is 0. The Bertz CT molecular complexity index is 431. The topological polar surface area (TPSA) is 50.8 Å². The molecule has 1 aromatic rings. The second-order valence-corrected chi connectivity index (χ2v) is 4.36. The largest absolute Gasteiger partial charge is 0.497 e. The van der Waals surface area contributed by atoms with E-state index in [2.05, 4.69) is 5.32 Å². The van der Waals surface area contributed by atoms with Gasteiger partial charge in [-0.15, -0.1) is 0 Å². The van der Waals surface area contributed by atoms with Gasteiger partial charge in [-0.05, 0) is 27.0 Å². The number of ether oxygens (including phenoxy) is 2. The van der Waals surface area contributed by atoms with Crippen LogP contribution >= 0.6 is 0 Å². The van der Waals surface area contributed by atoms with Crippen LogP contribution in [-0.2, 0) is 11.3 Å². The number of methoxy groups -OCH3 is 1. The van der Waals surface area contributed by atoms with Gasteiger partial charge in [-0.1, -0.05) is 6.07 Å². The zero-order valence-electron chi connectivity index (χ0n) is 12.7. The van der Waals surface area contributed by atoms with Gasteiger partial charge in [-0.25, -0.2) is 0 Å². The van der Waals surface area contributed by atoms with Gasteiger partial charge in [0.1, 0.15) is 11.5 Å². The van der Waals surface area contributed by atoms with Gasteiger partial charge in [0.25, 0.3) is 5.91 Å². The van der Waals surface area contributed by atoms with Crippen molar-refractivity contribution < 1.29 is 14.3 Å². The highest BCUT2D eigenvalue weighted by molar-refractivity contribution is 5.77. The summed E-state index contributed by atoms with van der Waals surface area (Å²) in [6.45, 7) is 6.03. The molecule has 0 saturated carbocycles. The minimum Gasteiger partial charge on any atom is -0.497 e. The molecule has 0 atom stereocenters. The van der Waals surface area contributed by atoms with Crippen LogP contribution < -0.4 is 14.8 Å². The number of carbonyl (C=O) groups excluding carboxylic acids is 1. The predicted octanol–water partition coefficient (Wildman–Crippen LogP) is 1.66. The summed E-state index contributed by atoms with van der Waals surface area (Å²) in [5.41, 5.74) is 1.00. The molecule has 5 nitrogen and oxygen atoms in total. The molecule has 0 aliphatic carbocycles. The summed E-state index contributed by atoms with van der Waals surface area (Å²) in [7, 11) is 3.48. The third-order valence-corrected chi connectivity index (χ3v) is 3.11. The molecule has 20 heavy (non-hydrogen) atoms. The maximum atomic E-state index is 12.0. The molecule has 0 aliphatic rings. The van der Waals surface area contributed by atoms with Crippen LogP contribution in [0, 0.1) is 0 Å². The number of rotatable bonds is 8. The maximum Gasteiger partial charge on any atom is 0.260 e. The van der Waals surface area contributed by atoms with Crippen molar-refractivity contribution in [1.82, 2.24) is 10.2 Å². The molecule has 112 valence electrons. The van der Waals surface area contributed by atoms with Gasteiger partial charge in [-0.2, -0.15) is 0 Å². The molecular weight excluding hydrogens is 256 g/mol. The molecule has 0 fully saturated rings. The normalized spacial score (nSPS) is 10.2. The number of carbonyl (C=O) groups is 1. The Morgan fingerprint density at radius 3 is 2.55 bits per heavy atom. The molecule has 0 spiro atoms. The number of hydrogen-bond donors (Lipinski definition) is 1. The van der Waals surface area contributed by atoms with Gasteiger partial charge in [0.15, 0.2) is 6.61 Å². The lowest BCUT2D eigenvalue weighted by Gasteiger charge is -2.19. The van der Waals surface area contributed by atoms with Crippen LogP contribution in [0.3, 0.4) is 0 Å². The van der Waals surface area contributed by atoms with E-state index < -0.39 is 0 Å². The van der Waals surface area contributed by atoms with E-state index >= 15 is 0 Å². The van der Waals surface area contributed by atoms with E-state index in [4.69, 9.17) is 9.47 Å². The van der Waals surface area contributed by atoms with E-state index in [1.165, 1.54) is 0 Å². The third-order valence-electron chi connectivity index (χ3n) is 3.11. The molecule has 1 N–H and O–H groups in total. The quantitative estimate of drug-likeness (QED) is 0.787. The van der Waals surface area contributed by atoms with Gasteiger partial charge in [0.05, 0.1) is 7.11 Å². The fraction of sp³-hybridized carbons (Fsp3) is 0.533. The van der Waals surface area contributed by atoms with Crippen molar-refractivity contribution in [3.63, 3.8) is 0 Å². The first-order valence-corrected chi connectivity index (χ1v) is 6.88. The highest BCUT2D eigenvalue weighted by Crippen LogP contribution is 2.24. The van der Waals surface area contributed by atoms with Crippen molar-refractivity contribution in [1.29, 1.82) is 0 Å². The number of nitrogens with zero attached hydrogens (tertiary/aromatic N) is 1. The van der Waals surface area contributed by atoms with Crippen molar-refractivity contribution in [2.45, 2.75) is 20.4 Å². The van der Waals surface area contributed by atoms with Crippen molar-refractivity contribution in [2.24, 2.45) is 0 Å². The SMILES string of the molecule is CCN(CC)C(=O)COc1cc(OC)ccc1CNC. The predicted molar refractivity (Wildman–Crippen MR) is 79.2 cm³/mol. The van der Waals surface area contributed by atoms with Crippen LogP contribution in [0.1, 0.15) is 19.4 Å². The van der Waals surface area contributed by atoms with Crippen LogP contribution in [0.15, 0.2) is 18.2 Å². The zero-order valence-corrected chi connectivity index (χ0v) is 12.7. The van der Waals surface area contributed by atoms with Crippen molar-refractivity contribution in [3.05, 3.63) is 23.8 Å². The van der Waals surface area contributed by atoms with E-state index in [-0.39, 0.29) is 12.5 Å². The molecule has 5 heteroatoms. The smallest absolute Gasteiger partial charge is 0.260 e. The minimum atomic E-state index is -0.00627. The van der Waals surface area contributed by atoms with E-state index in [0.29, 0.717) is 25.4 Å². The third kappa shape index (κ3) is 4.42. The number of amides is 1. The minimum absolute atomic E-state index is 0.00627. The van der Waals surface area contributed by atoms with Gasteiger partial charge < -0.3 is 19.7 Å². The highest BCUT2D eigenvalue weighted by Gasteiger charge is 2.12. The molecule has 0 saturated heterocycles. The Labute approximate surface area is 120 Å². The van der Waals surface area contributed by atoms with Crippen LogP contribution in [-0.4, -0.2) is 44.7 Å². The van der Waals surface area contributed by atoms with Crippen LogP contribution in [0.4, 0.5) is 0 Å². The van der Waals surface area contributed by atoms with Crippen molar-refractivity contribution in [3.8, 4) is 11.5 Å².